The number of aromatic hydroxyl groups is 1. The largest absolute Gasteiger partial charge is 0.508 e. The highest BCUT2D eigenvalue weighted by Gasteiger charge is 2.30. The maximum absolute atomic E-state index is 9.46. The number of nitrogens with one attached hydrogen (secondary N) is 1. The Morgan fingerprint density at radius 1 is 1.12 bits per heavy atom. The van der Waals surface area contributed by atoms with Gasteiger partial charge in [0, 0.05) is 5.69 Å². The summed E-state index contributed by atoms with van der Waals surface area (Å²) < 4.78 is 0. The van der Waals surface area contributed by atoms with Crippen molar-refractivity contribution in [1.82, 2.24) is 0 Å². The molecule has 0 aromatic heterocycles. The third kappa shape index (κ3) is 7.89. The van der Waals surface area contributed by atoms with Crippen LogP contribution in [0.4, 0.5) is 5.69 Å². The van der Waals surface area contributed by atoms with E-state index < -0.39 is 0 Å². The lowest BCUT2D eigenvalue weighted by atomic mass is 9.68. The molecule has 32 heavy (non-hydrogen) atoms. The molecule has 0 radical (unpaired) electrons. The van der Waals surface area contributed by atoms with Crippen LogP contribution < -0.4 is 5.32 Å². The predicted octanol–water partition coefficient (Wildman–Crippen LogP) is 8.89. The molecule has 0 aliphatic heterocycles. The Morgan fingerprint density at radius 2 is 1.81 bits per heavy atom. The number of hydrogen-bond acceptors (Lipinski definition) is 2. The Morgan fingerprint density at radius 3 is 2.47 bits per heavy atom. The summed E-state index contributed by atoms with van der Waals surface area (Å²) in [5.74, 6) is 0.282. The van der Waals surface area contributed by atoms with E-state index in [1.165, 1.54) is 43.3 Å². The Balaban J connectivity index is 2.04. The molecule has 1 aromatic carbocycles. The van der Waals surface area contributed by atoms with Crippen molar-refractivity contribution in [3.05, 3.63) is 83.0 Å². The van der Waals surface area contributed by atoms with E-state index in [9.17, 15) is 5.11 Å². The summed E-state index contributed by atoms with van der Waals surface area (Å²) >= 11 is 0. The van der Waals surface area contributed by atoms with Gasteiger partial charge in [-0.25, -0.2) is 0 Å². The van der Waals surface area contributed by atoms with Crippen molar-refractivity contribution in [3.8, 4) is 5.75 Å². The van der Waals surface area contributed by atoms with Gasteiger partial charge in [0.25, 0.3) is 0 Å². The van der Waals surface area contributed by atoms with Gasteiger partial charge in [-0.3, -0.25) is 0 Å². The SMILES string of the molecule is CCCC1(C)CCCC(C)=C1/C=C/C(C)=C/C=C/C(C)=C/C(C)(C)Nc1ccc(O)cc1. The molecule has 1 aliphatic rings. The number of phenols is 1. The lowest BCUT2D eigenvalue weighted by Gasteiger charge is -2.36. The van der Waals surface area contributed by atoms with Crippen molar-refractivity contribution in [2.45, 2.75) is 86.1 Å². The van der Waals surface area contributed by atoms with Crippen molar-refractivity contribution in [3.63, 3.8) is 0 Å². The highest BCUT2D eigenvalue weighted by Crippen LogP contribution is 2.44. The fourth-order valence-corrected chi connectivity index (χ4v) is 4.88. The minimum absolute atomic E-state index is 0.196. The molecule has 2 rings (SSSR count). The maximum atomic E-state index is 9.46. The molecule has 1 atom stereocenters. The van der Waals surface area contributed by atoms with Crippen LogP contribution in [0.1, 0.15) is 80.6 Å². The van der Waals surface area contributed by atoms with Gasteiger partial charge in [0.2, 0.25) is 0 Å². The van der Waals surface area contributed by atoms with Gasteiger partial charge in [-0.2, -0.15) is 0 Å². The van der Waals surface area contributed by atoms with Gasteiger partial charge in [0.1, 0.15) is 5.75 Å². The fraction of sp³-hybridized carbons (Fsp3) is 0.467. The molecule has 2 heteroatoms. The maximum Gasteiger partial charge on any atom is 0.115 e. The molecule has 0 fully saturated rings. The topological polar surface area (TPSA) is 32.3 Å². The summed E-state index contributed by atoms with van der Waals surface area (Å²) in [5.41, 5.74) is 6.71. The van der Waals surface area contributed by atoms with E-state index in [4.69, 9.17) is 0 Å². The molecule has 0 spiro atoms. The molecule has 0 saturated heterocycles. The first-order valence-electron chi connectivity index (χ1n) is 12.0. The summed E-state index contributed by atoms with van der Waals surface area (Å²) in [6.07, 6.45) is 19.7. The number of benzene rings is 1. The van der Waals surface area contributed by atoms with Crippen LogP contribution >= 0.6 is 0 Å². The minimum Gasteiger partial charge on any atom is -0.508 e. The molecule has 2 nitrogen and oxygen atoms in total. The van der Waals surface area contributed by atoms with E-state index in [1.807, 2.05) is 12.1 Å². The monoisotopic (exact) mass is 433 g/mol. The molecule has 0 saturated carbocycles. The van der Waals surface area contributed by atoms with Crippen LogP contribution in [-0.4, -0.2) is 10.6 Å². The van der Waals surface area contributed by atoms with Gasteiger partial charge in [-0.15, -0.1) is 0 Å². The number of allylic oxidation sites excluding steroid dienone is 9. The summed E-state index contributed by atoms with van der Waals surface area (Å²) in [6.45, 7) is 15.6. The average molecular weight is 434 g/mol. The van der Waals surface area contributed by atoms with Gasteiger partial charge >= 0.3 is 0 Å². The van der Waals surface area contributed by atoms with Crippen molar-refractivity contribution in [2.75, 3.05) is 5.32 Å². The van der Waals surface area contributed by atoms with E-state index in [-0.39, 0.29) is 11.3 Å². The van der Waals surface area contributed by atoms with Gasteiger partial charge < -0.3 is 10.4 Å². The zero-order valence-corrected chi connectivity index (χ0v) is 21.3. The molecule has 1 aliphatic carbocycles. The van der Waals surface area contributed by atoms with Crippen molar-refractivity contribution in [1.29, 1.82) is 0 Å². The lowest BCUT2D eigenvalue weighted by molar-refractivity contribution is 0.310. The fourth-order valence-electron chi connectivity index (χ4n) is 4.88. The Bertz CT molecular complexity index is 909. The van der Waals surface area contributed by atoms with Gasteiger partial charge in [-0.1, -0.05) is 73.4 Å². The van der Waals surface area contributed by atoms with E-state index in [2.05, 4.69) is 90.2 Å². The third-order valence-corrected chi connectivity index (χ3v) is 6.35. The number of rotatable bonds is 9. The summed E-state index contributed by atoms with van der Waals surface area (Å²) in [7, 11) is 0. The van der Waals surface area contributed by atoms with Crippen LogP contribution in [0.15, 0.2) is 83.0 Å². The second kappa shape index (κ2) is 11.4. The van der Waals surface area contributed by atoms with Crippen LogP contribution in [-0.2, 0) is 0 Å². The highest BCUT2D eigenvalue weighted by molar-refractivity contribution is 5.49. The van der Waals surface area contributed by atoms with Gasteiger partial charge in [-0.05, 0) is 95.6 Å². The second-order valence-corrected chi connectivity index (χ2v) is 10.2. The molecule has 174 valence electrons. The van der Waals surface area contributed by atoms with Gasteiger partial charge in [0.05, 0.1) is 5.54 Å². The first-order valence-corrected chi connectivity index (χ1v) is 12.0. The van der Waals surface area contributed by atoms with E-state index in [0.717, 1.165) is 5.69 Å². The third-order valence-electron chi connectivity index (χ3n) is 6.35. The molecule has 2 N–H and O–H groups in total. The second-order valence-electron chi connectivity index (χ2n) is 10.2. The minimum atomic E-state index is -0.196. The molecule has 0 amide bonds. The van der Waals surface area contributed by atoms with E-state index in [1.54, 1.807) is 23.3 Å². The predicted molar refractivity (Wildman–Crippen MR) is 141 cm³/mol. The molecular formula is C30H43NO. The Labute approximate surface area is 196 Å². The standard InChI is InChI=1S/C30H43NO/c1-8-20-30(7)21-10-13-25(4)28(30)19-14-23(2)11-9-12-24(3)22-29(5,6)31-26-15-17-27(32)18-16-26/h9,11-12,14-19,22,31-32H,8,10,13,20-21H2,1-7H3/b12-9+,19-14+,23-11+,24-22+. The van der Waals surface area contributed by atoms with Crippen molar-refractivity contribution in [2.24, 2.45) is 5.41 Å². The van der Waals surface area contributed by atoms with Crippen LogP contribution in [0, 0.1) is 5.41 Å². The summed E-state index contributed by atoms with van der Waals surface area (Å²) in [6, 6.07) is 7.18. The highest BCUT2D eigenvalue weighted by atomic mass is 16.3. The lowest BCUT2D eigenvalue weighted by Crippen LogP contribution is -2.28. The summed E-state index contributed by atoms with van der Waals surface area (Å²) in [4.78, 5) is 0. The Hall–Kier alpha value is -2.48. The first-order chi connectivity index (χ1) is 15.0. The zero-order chi connectivity index (χ0) is 23.8. The van der Waals surface area contributed by atoms with Gasteiger partial charge in [0.15, 0.2) is 0 Å². The van der Waals surface area contributed by atoms with E-state index >= 15 is 0 Å². The summed E-state index contributed by atoms with van der Waals surface area (Å²) in [5, 5.41) is 13.0. The quantitative estimate of drug-likeness (QED) is 0.301. The zero-order valence-electron chi connectivity index (χ0n) is 21.3. The molecule has 0 heterocycles. The number of phenolic OH excluding ortho intramolecular Hbond substituents is 1. The van der Waals surface area contributed by atoms with Crippen LogP contribution in [0.25, 0.3) is 0 Å². The smallest absolute Gasteiger partial charge is 0.115 e. The molecule has 1 unspecified atom stereocenters. The Kier molecular flexibility index (Phi) is 9.19. The molecule has 0 bridgehead atoms. The van der Waals surface area contributed by atoms with Crippen LogP contribution in [0.2, 0.25) is 0 Å². The average Bonchev–Trinajstić information content (AvgIpc) is 2.69. The van der Waals surface area contributed by atoms with E-state index in [0.29, 0.717) is 5.41 Å². The van der Waals surface area contributed by atoms with Crippen LogP contribution in [0.5, 0.6) is 5.75 Å². The first kappa shape index (κ1) is 25.8. The normalized spacial score (nSPS) is 21.1. The number of anilines is 1. The van der Waals surface area contributed by atoms with Crippen LogP contribution in [0.3, 0.4) is 0 Å². The molecule has 1 aromatic rings. The van der Waals surface area contributed by atoms with Crippen molar-refractivity contribution >= 4 is 5.69 Å². The van der Waals surface area contributed by atoms with Crippen molar-refractivity contribution < 1.29 is 5.11 Å². The molecular weight excluding hydrogens is 390 g/mol. The number of hydrogen-bond donors (Lipinski definition) is 2.